The molecule has 0 aromatic heterocycles. The van der Waals surface area contributed by atoms with E-state index in [0.717, 1.165) is 0 Å². The summed E-state index contributed by atoms with van der Waals surface area (Å²) < 4.78 is 13.6. The molecule has 4 unspecified atom stereocenters. The monoisotopic (exact) mass is 526 g/mol. The van der Waals surface area contributed by atoms with Crippen LogP contribution in [0.2, 0.25) is 0 Å². The highest BCUT2D eigenvalue weighted by Gasteiger charge is 2.49. The maximum absolute atomic E-state index is 6.79. The predicted octanol–water partition coefficient (Wildman–Crippen LogP) is 6.55. The largest absolute Gasteiger partial charge is 0.344 e. The van der Waals surface area contributed by atoms with Crippen LogP contribution in [0.15, 0.2) is 121 Å². The number of benzene rings is 4. The highest BCUT2D eigenvalue weighted by atomic mass is 31.1. The standard InChI is InChI=1S/C33H36O2P2/c1-25(36(27-17-9-5-10-18-27)28-19-11-6-12-20-28)31-32(35-33(3,4)34-31)26(2)37(29-21-13-7-14-22-29)30-23-15-8-16-24-30/h5-26,31-32H,1-4H3. The molecular formula is C33H36O2P2. The van der Waals surface area contributed by atoms with Crippen LogP contribution in [-0.2, 0) is 9.47 Å². The molecule has 1 aliphatic rings. The van der Waals surface area contributed by atoms with Gasteiger partial charge in [-0.25, -0.2) is 0 Å². The van der Waals surface area contributed by atoms with Crippen molar-refractivity contribution in [3.8, 4) is 0 Å². The van der Waals surface area contributed by atoms with Gasteiger partial charge in [0.1, 0.15) is 0 Å². The Balaban J connectivity index is 1.55. The van der Waals surface area contributed by atoms with E-state index in [4.69, 9.17) is 9.47 Å². The lowest BCUT2D eigenvalue weighted by molar-refractivity contribution is -0.145. The third-order valence-corrected chi connectivity index (χ3v) is 12.7. The van der Waals surface area contributed by atoms with Crippen molar-refractivity contribution in [3.05, 3.63) is 121 Å². The van der Waals surface area contributed by atoms with Crippen molar-refractivity contribution < 1.29 is 9.47 Å². The zero-order valence-corrected chi connectivity index (χ0v) is 23.9. The maximum Gasteiger partial charge on any atom is 0.163 e. The van der Waals surface area contributed by atoms with Gasteiger partial charge in [0.05, 0.1) is 12.2 Å². The Kier molecular flexibility index (Phi) is 8.23. The average molecular weight is 527 g/mol. The van der Waals surface area contributed by atoms with Gasteiger partial charge in [0.15, 0.2) is 5.79 Å². The van der Waals surface area contributed by atoms with Gasteiger partial charge in [0, 0.05) is 11.3 Å². The fourth-order valence-electron chi connectivity index (χ4n) is 5.45. The second-order valence-electron chi connectivity index (χ2n) is 10.1. The summed E-state index contributed by atoms with van der Waals surface area (Å²) in [6.45, 7) is 8.88. The van der Waals surface area contributed by atoms with Gasteiger partial charge in [-0.2, -0.15) is 0 Å². The summed E-state index contributed by atoms with van der Waals surface area (Å²) in [6.07, 6.45) is -0.0390. The molecule has 37 heavy (non-hydrogen) atoms. The molecule has 0 radical (unpaired) electrons. The van der Waals surface area contributed by atoms with Crippen LogP contribution in [0.1, 0.15) is 27.7 Å². The highest BCUT2D eigenvalue weighted by Crippen LogP contribution is 2.51. The summed E-state index contributed by atoms with van der Waals surface area (Å²) >= 11 is 0. The van der Waals surface area contributed by atoms with E-state index >= 15 is 0 Å². The zero-order chi connectivity index (χ0) is 25.8. The Hall–Kier alpha value is -2.34. The van der Waals surface area contributed by atoms with E-state index in [1.54, 1.807) is 0 Å². The zero-order valence-electron chi connectivity index (χ0n) is 22.1. The molecule has 0 bridgehead atoms. The first-order valence-electron chi connectivity index (χ1n) is 13.1. The second-order valence-corrected chi connectivity index (χ2v) is 15.3. The Morgan fingerprint density at radius 1 is 0.486 bits per heavy atom. The molecule has 0 N–H and O–H groups in total. The molecule has 0 aliphatic carbocycles. The molecule has 1 fully saturated rings. The summed E-state index contributed by atoms with van der Waals surface area (Å²) in [7, 11) is -1.28. The Labute approximate surface area is 224 Å². The predicted molar refractivity (Wildman–Crippen MR) is 161 cm³/mol. The van der Waals surface area contributed by atoms with Crippen LogP contribution in [0, 0.1) is 0 Å². The molecule has 0 amide bonds. The van der Waals surface area contributed by atoms with Gasteiger partial charge in [0.2, 0.25) is 0 Å². The van der Waals surface area contributed by atoms with Gasteiger partial charge >= 0.3 is 0 Å². The van der Waals surface area contributed by atoms with Crippen molar-refractivity contribution >= 4 is 37.1 Å². The van der Waals surface area contributed by atoms with Crippen LogP contribution >= 0.6 is 15.8 Å². The first kappa shape index (κ1) is 26.3. The molecular weight excluding hydrogens is 490 g/mol. The van der Waals surface area contributed by atoms with Crippen LogP contribution < -0.4 is 21.2 Å². The van der Waals surface area contributed by atoms with Crippen LogP contribution in [0.5, 0.6) is 0 Å². The number of hydrogen-bond donors (Lipinski definition) is 0. The molecule has 4 atom stereocenters. The maximum atomic E-state index is 6.79. The molecule has 0 spiro atoms. The fraction of sp³-hybridized carbons (Fsp3) is 0.273. The van der Waals surface area contributed by atoms with E-state index in [9.17, 15) is 0 Å². The van der Waals surface area contributed by atoms with Gasteiger partial charge in [-0.3, -0.25) is 0 Å². The lowest BCUT2D eigenvalue weighted by Gasteiger charge is -2.36. The normalized spacial score (nSPS) is 20.7. The van der Waals surface area contributed by atoms with E-state index in [-0.39, 0.29) is 23.5 Å². The summed E-state index contributed by atoms with van der Waals surface area (Å²) in [6, 6.07) is 43.8. The molecule has 1 saturated heterocycles. The first-order valence-corrected chi connectivity index (χ1v) is 15.9. The van der Waals surface area contributed by atoms with E-state index in [2.05, 4.69) is 149 Å². The first-order chi connectivity index (χ1) is 17.9. The Morgan fingerprint density at radius 3 is 0.973 bits per heavy atom. The van der Waals surface area contributed by atoms with Gasteiger partial charge in [-0.05, 0) is 50.9 Å². The topological polar surface area (TPSA) is 18.5 Å². The summed E-state index contributed by atoms with van der Waals surface area (Å²) in [5.74, 6) is -0.624. The van der Waals surface area contributed by atoms with Crippen molar-refractivity contribution in [2.24, 2.45) is 0 Å². The van der Waals surface area contributed by atoms with Crippen molar-refractivity contribution in [1.29, 1.82) is 0 Å². The summed E-state index contributed by atoms with van der Waals surface area (Å²) in [5, 5.41) is 5.52. The number of ether oxygens (including phenoxy) is 2. The van der Waals surface area contributed by atoms with Crippen LogP contribution in [0.4, 0.5) is 0 Å². The number of rotatable bonds is 8. The van der Waals surface area contributed by atoms with Crippen LogP contribution in [0.3, 0.4) is 0 Å². The molecule has 1 aliphatic heterocycles. The minimum absolute atomic E-state index is 0.0195. The molecule has 4 aromatic rings. The van der Waals surface area contributed by atoms with E-state index in [1.165, 1.54) is 21.2 Å². The Morgan fingerprint density at radius 2 is 0.730 bits per heavy atom. The molecule has 2 nitrogen and oxygen atoms in total. The van der Waals surface area contributed by atoms with Gasteiger partial charge in [-0.15, -0.1) is 0 Å². The van der Waals surface area contributed by atoms with E-state index in [1.807, 2.05) is 0 Å². The molecule has 190 valence electrons. The van der Waals surface area contributed by atoms with Gasteiger partial charge in [0.25, 0.3) is 0 Å². The van der Waals surface area contributed by atoms with Crippen molar-refractivity contribution in [2.45, 2.75) is 57.0 Å². The van der Waals surface area contributed by atoms with Crippen LogP contribution in [0.25, 0.3) is 0 Å². The number of hydrogen-bond acceptors (Lipinski definition) is 2. The second kappa shape index (κ2) is 11.6. The third kappa shape index (κ3) is 5.89. The smallest absolute Gasteiger partial charge is 0.163 e. The van der Waals surface area contributed by atoms with Crippen molar-refractivity contribution in [3.63, 3.8) is 0 Å². The lowest BCUT2D eigenvalue weighted by atomic mass is 10.1. The average Bonchev–Trinajstić information content (AvgIpc) is 3.27. The molecule has 0 saturated carbocycles. The van der Waals surface area contributed by atoms with Gasteiger partial charge in [-0.1, -0.05) is 135 Å². The Bertz CT molecular complexity index is 1070. The summed E-state index contributed by atoms with van der Waals surface area (Å²) in [4.78, 5) is 0. The van der Waals surface area contributed by atoms with Crippen molar-refractivity contribution in [2.75, 3.05) is 0 Å². The van der Waals surface area contributed by atoms with Crippen LogP contribution in [-0.4, -0.2) is 29.3 Å². The molecule has 5 rings (SSSR count). The summed E-state index contributed by atoms with van der Waals surface area (Å²) in [5.41, 5.74) is 0.551. The lowest BCUT2D eigenvalue weighted by Crippen LogP contribution is -2.42. The molecule has 4 heteroatoms. The quantitative estimate of drug-likeness (QED) is 0.243. The SMILES string of the molecule is CC(C1OC(C)(C)OC1C(C)P(c1ccccc1)c1ccccc1)P(c1ccccc1)c1ccccc1. The van der Waals surface area contributed by atoms with E-state index < -0.39 is 21.6 Å². The van der Waals surface area contributed by atoms with Crippen molar-refractivity contribution in [1.82, 2.24) is 0 Å². The fourth-order valence-corrected chi connectivity index (χ4v) is 10.9. The highest BCUT2D eigenvalue weighted by molar-refractivity contribution is 7.74. The molecule has 4 aromatic carbocycles. The molecule has 1 heterocycles. The minimum atomic E-state index is -0.642. The third-order valence-electron chi connectivity index (χ3n) is 7.07. The van der Waals surface area contributed by atoms with E-state index in [0.29, 0.717) is 0 Å². The minimum Gasteiger partial charge on any atom is -0.344 e. The van der Waals surface area contributed by atoms with Gasteiger partial charge < -0.3 is 9.47 Å².